The molecule has 0 bridgehead atoms. The second kappa shape index (κ2) is 6.76. The number of aryl methyl sites for hydroxylation is 1. The minimum Gasteiger partial charge on any atom is -0.373 e. The summed E-state index contributed by atoms with van der Waals surface area (Å²) in [6, 6.07) is 12.6. The fraction of sp³-hybridized carbons (Fsp3) is 0.500. The first-order valence-corrected chi connectivity index (χ1v) is 9.27. The van der Waals surface area contributed by atoms with Gasteiger partial charge in [-0.05, 0) is 37.5 Å². The quantitative estimate of drug-likeness (QED) is 0.849. The topological polar surface area (TPSA) is 50.6 Å². The van der Waals surface area contributed by atoms with Crippen LogP contribution < -0.4 is 4.90 Å². The van der Waals surface area contributed by atoms with Gasteiger partial charge in [0.15, 0.2) is 0 Å². The van der Waals surface area contributed by atoms with Gasteiger partial charge in [-0.1, -0.05) is 18.2 Å². The van der Waals surface area contributed by atoms with E-state index in [1.807, 2.05) is 18.0 Å². The molecule has 1 spiro atoms. The van der Waals surface area contributed by atoms with Crippen molar-refractivity contribution < 1.29 is 9.53 Å². The Labute approximate surface area is 154 Å². The normalized spacial score (nSPS) is 21.9. The summed E-state index contributed by atoms with van der Waals surface area (Å²) in [5.41, 5.74) is 1.79. The molecule has 0 aliphatic carbocycles. The van der Waals surface area contributed by atoms with Gasteiger partial charge in [0.25, 0.3) is 5.91 Å². The molecule has 4 rings (SSSR count). The number of benzene rings is 1. The number of aromatic nitrogens is 2. The van der Waals surface area contributed by atoms with E-state index in [1.165, 1.54) is 5.69 Å². The van der Waals surface area contributed by atoms with Gasteiger partial charge in [0.05, 0.1) is 18.2 Å². The van der Waals surface area contributed by atoms with Crippen molar-refractivity contribution in [1.82, 2.24) is 14.7 Å². The minimum absolute atomic E-state index is 0.0656. The first-order valence-electron chi connectivity index (χ1n) is 9.27. The Hall–Kier alpha value is -2.34. The molecule has 6 heteroatoms. The molecule has 1 amide bonds. The second-order valence-corrected chi connectivity index (χ2v) is 7.43. The number of hydrogen-bond acceptors (Lipinski definition) is 4. The smallest absolute Gasteiger partial charge is 0.272 e. The molecule has 0 N–H and O–H groups in total. The van der Waals surface area contributed by atoms with Crippen LogP contribution in [0.2, 0.25) is 0 Å². The van der Waals surface area contributed by atoms with E-state index in [0.717, 1.165) is 39.0 Å². The van der Waals surface area contributed by atoms with Crippen LogP contribution >= 0.6 is 0 Å². The van der Waals surface area contributed by atoms with Crippen molar-refractivity contribution >= 4 is 11.6 Å². The average molecular weight is 354 g/mol. The number of hydrogen-bond donors (Lipinski definition) is 0. The number of nitrogens with zero attached hydrogens (tertiary/aromatic N) is 4. The zero-order valence-electron chi connectivity index (χ0n) is 15.5. The van der Waals surface area contributed by atoms with E-state index < -0.39 is 0 Å². The highest BCUT2D eigenvalue weighted by molar-refractivity contribution is 5.92. The predicted octanol–water partition coefficient (Wildman–Crippen LogP) is 2.32. The standard InChI is InChI=1S/C20H26N4O2/c1-22(16-6-4-3-5-7-16)17-14-20(26-15-17)9-12-24(13-10-20)19(25)18-8-11-21-23(18)2/h3-8,11,17H,9-10,12-15H2,1-2H3. The van der Waals surface area contributed by atoms with Crippen LogP contribution in [-0.4, -0.2) is 59.0 Å². The number of carbonyl (C=O) groups is 1. The van der Waals surface area contributed by atoms with E-state index in [4.69, 9.17) is 4.74 Å². The summed E-state index contributed by atoms with van der Waals surface area (Å²) in [6.45, 7) is 2.23. The number of rotatable bonds is 3. The Morgan fingerprint density at radius 3 is 2.62 bits per heavy atom. The summed E-state index contributed by atoms with van der Waals surface area (Å²) in [6.07, 6.45) is 4.49. The maximum atomic E-state index is 12.7. The highest BCUT2D eigenvalue weighted by Gasteiger charge is 2.44. The SMILES string of the molecule is CN(c1ccccc1)C1COC2(CCN(C(=O)c3ccnn3C)CC2)C1. The number of likely N-dealkylation sites (N-methyl/N-ethyl adjacent to an activating group) is 1. The number of para-hydroxylation sites is 1. The molecular weight excluding hydrogens is 328 g/mol. The van der Waals surface area contributed by atoms with Gasteiger partial charge in [-0.3, -0.25) is 9.48 Å². The van der Waals surface area contributed by atoms with E-state index in [0.29, 0.717) is 11.7 Å². The second-order valence-electron chi connectivity index (χ2n) is 7.43. The van der Waals surface area contributed by atoms with Gasteiger partial charge in [-0.15, -0.1) is 0 Å². The molecule has 0 saturated carbocycles. The number of piperidine rings is 1. The van der Waals surface area contributed by atoms with E-state index in [2.05, 4.69) is 41.3 Å². The molecule has 6 nitrogen and oxygen atoms in total. The number of carbonyl (C=O) groups excluding carboxylic acids is 1. The zero-order chi connectivity index (χ0) is 18.1. The van der Waals surface area contributed by atoms with Crippen LogP contribution in [0.1, 0.15) is 29.8 Å². The summed E-state index contributed by atoms with van der Waals surface area (Å²) in [7, 11) is 3.95. The van der Waals surface area contributed by atoms with Crippen molar-refractivity contribution in [3.05, 3.63) is 48.3 Å². The van der Waals surface area contributed by atoms with Crippen LogP contribution in [0.4, 0.5) is 5.69 Å². The number of anilines is 1. The average Bonchev–Trinajstić information content (AvgIpc) is 3.29. The van der Waals surface area contributed by atoms with Gasteiger partial charge in [-0.25, -0.2) is 0 Å². The predicted molar refractivity (Wildman–Crippen MR) is 100 cm³/mol. The van der Waals surface area contributed by atoms with Crippen LogP contribution in [0.15, 0.2) is 42.6 Å². The highest BCUT2D eigenvalue weighted by atomic mass is 16.5. The fourth-order valence-electron chi connectivity index (χ4n) is 4.15. The third kappa shape index (κ3) is 3.09. The fourth-order valence-corrected chi connectivity index (χ4v) is 4.15. The molecular formula is C20H26N4O2. The van der Waals surface area contributed by atoms with Gasteiger partial charge in [0, 0.05) is 39.1 Å². The Kier molecular flexibility index (Phi) is 4.44. The summed E-state index contributed by atoms with van der Waals surface area (Å²) in [4.78, 5) is 16.9. The molecule has 1 unspecified atom stereocenters. The Balaban J connectivity index is 1.37. The highest BCUT2D eigenvalue weighted by Crippen LogP contribution is 2.38. The van der Waals surface area contributed by atoms with Gasteiger partial charge in [0.2, 0.25) is 0 Å². The zero-order valence-corrected chi connectivity index (χ0v) is 15.5. The molecule has 1 aromatic carbocycles. The van der Waals surface area contributed by atoms with Crippen LogP contribution in [0.3, 0.4) is 0 Å². The molecule has 2 saturated heterocycles. The molecule has 1 aromatic heterocycles. The van der Waals surface area contributed by atoms with Crippen LogP contribution in [0.5, 0.6) is 0 Å². The lowest BCUT2D eigenvalue weighted by atomic mass is 9.87. The van der Waals surface area contributed by atoms with E-state index in [1.54, 1.807) is 16.9 Å². The maximum absolute atomic E-state index is 12.7. The van der Waals surface area contributed by atoms with Crippen LogP contribution in [-0.2, 0) is 11.8 Å². The van der Waals surface area contributed by atoms with E-state index >= 15 is 0 Å². The number of amides is 1. The Morgan fingerprint density at radius 2 is 1.96 bits per heavy atom. The maximum Gasteiger partial charge on any atom is 0.272 e. The van der Waals surface area contributed by atoms with Crippen molar-refractivity contribution in [2.24, 2.45) is 7.05 Å². The van der Waals surface area contributed by atoms with E-state index in [-0.39, 0.29) is 11.5 Å². The van der Waals surface area contributed by atoms with Gasteiger partial charge < -0.3 is 14.5 Å². The molecule has 1 atom stereocenters. The van der Waals surface area contributed by atoms with Crippen molar-refractivity contribution in [2.75, 3.05) is 31.6 Å². The lowest BCUT2D eigenvalue weighted by Gasteiger charge is -2.39. The first-order chi connectivity index (χ1) is 12.6. The van der Waals surface area contributed by atoms with Gasteiger partial charge in [-0.2, -0.15) is 5.10 Å². The molecule has 2 aliphatic rings. The van der Waals surface area contributed by atoms with Crippen LogP contribution in [0, 0.1) is 0 Å². The lowest BCUT2D eigenvalue weighted by molar-refractivity contribution is -0.0390. The van der Waals surface area contributed by atoms with Crippen molar-refractivity contribution in [2.45, 2.75) is 30.9 Å². The monoisotopic (exact) mass is 354 g/mol. The Morgan fingerprint density at radius 1 is 1.23 bits per heavy atom. The van der Waals surface area contributed by atoms with Crippen molar-refractivity contribution in [3.63, 3.8) is 0 Å². The summed E-state index contributed by atoms with van der Waals surface area (Å²) in [5.74, 6) is 0.0656. The third-order valence-electron chi connectivity index (χ3n) is 5.90. The molecule has 2 aliphatic heterocycles. The summed E-state index contributed by atoms with van der Waals surface area (Å²) < 4.78 is 7.92. The van der Waals surface area contributed by atoms with Crippen LogP contribution in [0.25, 0.3) is 0 Å². The van der Waals surface area contributed by atoms with Gasteiger partial charge in [0.1, 0.15) is 5.69 Å². The lowest BCUT2D eigenvalue weighted by Crippen LogP contribution is -2.47. The first kappa shape index (κ1) is 17.1. The number of ether oxygens (including phenoxy) is 1. The largest absolute Gasteiger partial charge is 0.373 e. The Bertz CT molecular complexity index is 765. The minimum atomic E-state index is -0.0864. The molecule has 26 heavy (non-hydrogen) atoms. The summed E-state index contributed by atoms with van der Waals surface area (Å²) in [5, 5.41) is 4.10. The molecule has 138 valence electrons. The summed E-state index contributed by atoms with van der Waals surface area (Å²) >= 11 is 0. The molecule has 0 radical (unpaired) electrons. The molecule has 2 aromatic rings. The molecule has 2 fully saturated rings. The van der Waals surface area contributed by atoms with E-state index in [9.17, 15) is 4.79 Å². The number of likely N-dealkylation sites (tertiary alicyclic amines) is 1. The van der Waals surface area contributed by atoms with Crippen molar-refractivity contribution in [3.8, 4) is 0 Å². The van der Waals surface area contributed by atoms with Gasteiger partial charge >= 0.3 is 0 Å². The van der Waals surface area contributed by atoms with Crippen molar-refractivity contribution in [1.29, 1.82) is 0 Å². The third-order valence-corrected chi connectivity index (χ3v) is 5.90. The molecule has 3 heterocycles.